The number of hydrogen-bond acceptors (Lipinski definition) is 8. The van der Waals surface area contributed by atoms with E-state index in [2.05, 4.69) is 77.9 Å². The molecule has 0 heterocycles. The first kappa shape index (κ1) is 49.9. The number of rotatable bonds is 15. The summed E-state index contributed by atoms with van der Waals surface area (Å²) in [5, 5.41) is 56.9. The topological polar surface area (TPSA) is 186 Å². The van der Waals surface area contributed by atoms with Crippen molar-refractivity contribution < 1.29 is 56.7 Å². The molecule has 0 aliphatic heterocycles. The minimum absolute atomic E-state index is 0. The molecule has 10 nitrogen and oxygen atoms in total. The van der Waals surface area contributed by atoms with Crippen molar-refractivity contribution in [2.45, 2.75) is 120 Å². The smallest absolute Gasteiger partial charge is 0.869 e. The molecule has 4 rings (SSSR count). The molecular weight excluding hydrogens is 767 g/mol. The number of carbonyl (C=O) groups is 2. The van der Waals surface area contributed by atoms with Gasteiger partial charge >= 0.3 is 28.4 Å². The Morgan fingerprint density at radius 1 is 0.544 bits per heavy atom. The third-order valence-corrected chi connectivity index (χ3v) is 9.22. The zero-order chi connectivity index (χ0) is 41.9. The van der Waals surface area contributed by atoms with Crippen molar-refractivity contribution in [2.75, 3.05) is 0 Å². The van der Waals surface area contributed by atoms with Crippen molar-refractivity contribution in [3.63, 3.8) is 0 Å². The number of phenolic OH excluding ortho intramolecular Hbond substituents is 2. The van der Waals surface area contributed by atoms with Crippen LogP contribution in [0.15, 0.2) is 70.6 Å². The maximum absolute atomic E-state index is 11.0. The molecule has 0 fully saturated rings. The number of carboxylic acids is 2. The van der Waals surface area contributed by atoms with E-state index in [-0.39, 0.29) is 27.6 Å². The molecule has 0 atom stereocenters. The largest absolute Gasteiger partial charge is 2.00 e. The molecule has 4 N–H and O–H groups in total. The van der Waals surface area contributed by atoms with Gasteiger partial charge in [-0.1, -0.05) is 90.1 Å². The van der Waals surface area contributed by atoms with E-state index < -0.39 is 34.9 Å². The zero-order valence-corrected chi connectivity index (χ0v) is 35.5. The minimum atomic E-state index is -1.31. The summed E-state index contributed by atoms with van der Waals surface area (Å²) in [4.78, 5) is 31.4. The quantitative estimate of drug-likeness (QED) is 0.0674. The number of aromatic hydroxyl groups is 2. The van der Waals surface area contributed by atoms with Gasteiger partial charge in [0.05, 0.1) is 33.9 Å². The molecule has 0 aromatic heterocycles. The van der Waals surface area contributed by atoms with Gasteiger partial charge < -0.3 is 30.6 Å². The van der Waals surface area contributed by atoms with Gasteiger partial charge in [0.25, 0.3) is 0 Å². The van der Waals surface area contributed by atoms with E-state index in [1.54, 1.807) is 0 Å². The summed E-state index contributed by atoms with van der Waals surface area (Å²) in [6.45, 7) is 16.4. The average Bonchev–Trinajstić information content (AvgIpc) is 3.18. The van der Waals surface area contributed by atoms with E-state index in [9.17, 15) is 19.8 Å². The third-order valence-electron chi connectivity index (χ3n) is 9.22. The molecule has 0 unspecified atom stereocenters. The molecule has 0 aliphatic carbocycles. The van der Waals surface area contributed by atoms with Gasteiger partial charge in [-0.15, -0.1) is 0 Å². The maximum atomic E-state index is 11.0. The Balaban J connectivity index is 0.000000528. The van der Waals surface area contributed by atoms with Crippen LogP contribution < -0.4 is 10.2 Å². The number of aryl methyl sites for hydroxylation is 6. The molecule has 57 heavy (non-hydrogen) atoms. The molecule has 0 amide bonds. The van der Waals surface area contributed by atoms with Crippen LogP contribution in [0.25, 0.3) is 0 Å². The molecule has 0 bridgehead atoms. The number of aliphatic imine (C=N–C) groups is 2. The van der Waals surface area contributed by atoms with Crippen LogP contribution >= 0.6 is 0 Å². The molecule has 0 radical (unpaired) electrons. The molecule has 4 aromatic carbocycles. The fraction of sp³-hybridized carbons (Fsp3) is 0.391. The Morgan fingerprint density at radius 2 is 0.842 bits per heavy atom. The van der Waals surface area contributed by atoms with Crippen molar-refractivity contribution in [3.05, 3.63) is 105 Å². The van der Waals surface area contributed by atoms with Crippen LogP contribution in [0.1, 0.15) is 134 Å². The Labute approximate surface area is 348 Å². The third kappa shape index (κ3) is 15.4. The van der Waals surface area contributed by atoms with Gasteiger partial charge in [-0.3, -0.25) is 9.98 Å². The molecule has 11 heteroatoms. The fourth-order valence-electron chi connectivity index (χ4n) is 5.83. The number of carboxylic acid groups (broad SMARTS) is 2. The minimum Gasteiger partial charge on any atom is -0.869 e. The second kappa shape index (κ2) is 25.2. The monoisotopic (exact) mass is 824 g/mol. The summed E-state index contributed by atoms with van der Waals surface area (Å²) in [6.07, 6.45) is 10.8. The fourth-order valence-corrected chi connectivity index (χ4v) is 5.83. The van der Waals surface area contributed by atoms with Crippen molar-refractivity contribution in [1.29, 1.82) is 0 Å². The van der Waals surface area contributed by atoms with Gasteiger partial charge in [0.2, 0.25) is 0 Å². The van der Waals surface area contributed by atoms with Gasteiger partial charge in [0.15, 0.2) is 0 Å². The first-order valence-electron chi connectivity index (χ1n) is 19.5. The van der Waals surface area contributed by atoms with Crippen LogP contribution in [-0.4, -0.2) is 43.8 Å². The normalized spacial score (nSPS) is 11.1. The van der Waals surface area contributed by atoms with Crippen LogP contribution in [-0.2, 0) is 42.2 Å². The van der Waals surface area contributed by atoms with Crippen molar-refractivity contribution in [2.24, 2.45) is 9.98 Å². The number of nitrogens with zero attached hydrogens (tertiary/aromatic N) is 2. The first-order valence-corrected chi connectivity index (χ1v) is 19.5. The Kier molecular flexibility index (Phi) is 22.0. The number of benzene rings is 4. The number of hydrogen-bond donors (Lipinski definition) is 4. The Morgan fingerprint density at radius 3 is 1.07 bits per heavy atom. The second-order valence-corrected chi connectivity index (χ2v) is 13.6. The van der Waals surface area contributed by atoms with E-state index in [0.29, 0.717) is 11.1 Å². The summed E-state index contributed by atoms with van der Waals surface area (Å²) in [5.74, 6) is -5.34. The van der Waals surface area contributed by atoms with Crippen molar-refractivity contribution in [1.82, 2.24) is 0 Å². The molecule has 310 valence electrons. The van der Waals surface area contributed by atoms with Crippen LogP contribution in [0, 0.1) is 13.8 Å². The molecule has 0 saturated carbocycles. The van der Waals surface area contributed by atoms with Crippen LogP contribution in [0.2, 0.25) is 0 Å². The van der Waals surface area contributed by atoms with Gasteiger partial charge in [0.1, 0.15) is 11.5 Å². The van der Waals surface area contributed by atoms with Crippen LogP contribution in [0.4, 0.5) is 11.4 Å². The summed E-state index contributed by atoms with van der Waals surface area (Å²) in [6, 6.07) is 18.8. The summed E-state index contributed by atoms with van der Waals surface area (Å²) in [5.41, 5.74) is 9.98. The predicted octanol–water partition coefficient (Wildman–Crippen LogP) is 10.1. The van der Waals surface area contributed by atoms with E-state index in [4.69, 9.17) is 30.4 Å². The SMILES string of the molecule is CCCCC(=Nc1cc(CC)cc(CC)c1)C(CCCC)=Nc1cc(CC)cc(CC)c1.Cc1ccc(O)c([O-])c1C(=O)O.Cc1ccc(O)c([O-])c1C(=O)O.[Ni+2]. The van der Waals surface area contributed by atoms with Crippen molar-refractivity contribution in [3.8, 4) is 23.0 Å². The number of aromatic carboxylic acids is 2. The molecule has 0 spiro atoms. The molecule has 0 aliphatic rings. The predicted molar refractivity (Wildman–Crippen MR) is 222 cm³/mol. The summed E-state index contributed by atoms with van der Waals surface area (Å²) in [7, 11) is 0. The van der Waals surface area contributed by atoms with Crippen LogP contribution in [0.3, 0.4) is 0 Å². The van der Waals surface area contributed by atoms with Gasteiger partial charge in [0, 0.05) is 0 Å². The average molecular weight is 826 g/mol. The Bertz CT molecular complexity index is 1820. The van der Waals surface area contributed by atoms with Gasteiger partial charge in [-0.25, -0.2) is 9.59 Å². The standard InChI is InChI=1S/C30H44N2.2C8H8O4.Ni/c1-7-13-15-29(31-27-19-23(9-3)17-24(10-4)20-27)30(16-14-8-2)32-28-21-25(11-5)18-26(12-6)22-28;2*1-4-2-3-5(9)7(10)6(4)8(11)12;/h17-22H,7-16H2,1-6H3;2*2-3,9-10H,1H3,(H,11,12);/q;;;+2/p-2. The van der Waals surface area contributed by atoms with Gasteiger partial charge in [-0.2, -0.15) is 0 Å². The first-order chi connectivity index (χ1) is 26.6. The molecular formula is C46H58N2NiO8. The second-order valence-electron chi connectivity index (χ2n) is 13.6. The number of phenols is 2. The molecule has 4 aromatic rings. The number of unbranched alkanes of at least 4 members (excludes halogenated alkanes) is 2. The summed E-state index contributed by atoms with van der Waals surface area (Å²) < 4.78 is 0. The van der Waals surface area contributed by atoms with E-state index in [1.165, 1.54) is 84.6 Å². The summed E-state index contributed by atoms with van der Waals surface area (Å²) >= 11 is 0. The van der Waals surface area contributed by atoms with Gasteiger partial charge in [-0.05, 0) is 135 Å². The van der Waals surface area contributed by atoms with E-state index in [1.807, 2.05) is 0 Å². The zero-order valence-electron chi connectivity index (χ0n) is 34.5. The van der Waals surface area contributed by atoms with Crippen molar-refractivity contribution >= 4 is 34.7 Å². The Hall–Kier alpha value is -5.15. The van der Waals surface area contributed by atoms with E-state index >= 15 is 0 Å². The maximum Gasteiger partial charge on any atom is 2.00 e. The van der Waals surface area contributed by atoms with E-state index in [0.717, 1.165) is 62.7 Å². The van der Waals surface area contributed by atoms with Crippen LogP contribution in [0.5, 0.6) is 23.0 Å². The molecule has 0 saturated heterocycles.